The molecule has 4 rings (SSSR count). The standard InChI is InChI=1S/C12H21N/c1-2-9(8-13-5-6-13)12-10-3-4-11(12)7-10/h9-12H,2-8H2,1H3. The van der Waals surface area contributed by atoms with Crippen LogP contribution in [0.15, 0.2) is 0 Å². The van der Waals surface area contributed by atoms with Crippen molar-refractivity contribution in [2.45, 2.75) is 32.6 Å². The Balaban J connectivity index is 1.60. The van der Waals surface area contributed by atoms with Crippen molar-refractivity contribution in [3.8, 4) is 0 Å². The molecule has 0 N–H and O–H groups in total. The third-order valence-electron chi connectivity index (χ3n) is 4.70. The highest BCUT2D eigenvalue weighted by atomic mass is 15.3. The van der Waals surface area contributed by atoms with E-state index < -0.39 is 0 Å². The van der Waals surface area contributed by atoms with Gasteiger partial charge in [-0.3, -0.25) is 0 Å². The average Bonchev–Trinajstić information content (AvgIpc) is 2.67. The molecule has 0 amide bonds. The highest BCUT2D eigenvalue weighted by Gasteiger charge is 2.49. The van der Waals surface area contributed by atoms with E-state index in [-0.39, 0.29) is 0 Å². The molecule has 3 atom stereocenters. The molecular weight excluding hydrogens is 158 g/mol. The summed E-state index contributed by atoms with van der Waals surface area (Å²) < 4.78 is 0. The van der Waals surface area contributed by atoms with Gasteiger partial charge in [0.15, 0.2) is 0 Å². The van der Waals surface area contributed by atoms with Crippen molar-refractivity contribution < 1.29 is 0 Å². The zero-order valence-corrected chi connectivity index (χ0v) is 8.71. The highest BCUT2D eigenvalue weighted by molar-refractivity contribution is 4.99. The van der Waals surface area contributed by atoms with Gasteiger partial charge in [0, 0.05) is 19.6 Å². The first-order valence-corrected chi connectivity index (χ1v) is 6.11. The summed E-state index contributed by atoms with van der Waals surface area (Å²) in [5.41, 5.74) is 0. The molecule has 1 heterocycles. The van der Waals surface area contributed by atoms with Gasteiger partial charge in [0.05, 0.1) is 0 Å². The second kappa shape index (κ2) is 2.98. The number of hydrogen-bond donors (Lipinski definition) is 0. The van der Waals surface area contributed by atoms with E-state index in [0.717, 1.165) is 23.7 Å². The molecule has 1 saturated heterocycles. The molecule has 3 aliphatic carbocycles. The maximum absolute atomic E-state index is 2.62. The molecule has 3 saturated carbocycles. The largest absolute Gasteiger partial charge is 0.301 e. The second-order valence-corrected chi connectivity index (χ2v) is 5.38. The van der Waals surface area contributed by atoms with Crippen LogP contribution in [0.4, 0.5) is 0 Å². The van der Waals surface area contributed by atoms with Crippen molar-refractivity contribution in [2.75, 3.05) is 19.6 Å². The Morgan fingerprint density at radius 2 is 1.92 bits per heavy atom. The van der Waals surface area contributed by atoms with Gasteiger partial charge in [0.2, 0.25) is 0 Å². The third-order valence-corrected chi connectivity index (χ3v) is 4.70. The van der Waals surface area contributed by atoms with Crippen LogP contribution in [0.2, 0.25) is 0 Å². The van der Waals surface area contributed by atoms with E-state index in [9.17, 15) is 0 Å². The maximum atomic E-state index is 2.62. The summed E-state index contributed by atoms with van der Waals surface area (Å²) in [5, 5.41) is 0. The van der Waals surface area contributed by atoms with Gasteiger partial charge in [-0.1, -0.05) is 13.3 Å². The van der Waals surface area contributed by atoms with E-state index in [4.69, 9.17) is 0 Å². The molecule has 0 aromatic carbocycles. The minimum atomic E-state index is 1.05. The van der Waals surface area contributed by atoms with Crippen LogP contribution in [0.5, 0.6) is 0 Å². The summed E-state index contributed by atoms with van der Waals surface area (Å²) in [6, 6.07) is 0. The Labute approximate surface area is 81.5 Å². The molecule has 1 nitrogen and oxygen atoms in total. The first-order valence-electron chi connectivity index (χ1n) is 6.11. The molecule has 2 bridgehead atoms. The lowest BCUT2D eigenvalue weighted by atomic mass is 9.65. The van der Waals surface area contributed by atoms with Crippen LogP contribution in [0, 0.1) is 23.7 Å². The van der Waals surface area contributed by atoms with E-state index in [1.165, 1.54) is 26.1 Å². The molecule has 13 heavy (non-hydrogen) atoms. The van der Waals surface area contributed by atoms with Gasteiger partial charge in [-0.2, -0.15) is 0 Å². The van der Waals surface area contributed by atoms with Crippen molar-refractivity contribution in [3.05, 3.63) is 0 Å². The second-order valence-electron chi connectivity index (χ2n) is 5.38. The molecule has 0 radical (unpaired) electrons. The normalized spacial score (nSPS) is 44.5. The first-order chi connectivity index (χ1) is 6.38. The number of hydrogen-bond acceptors (Lipinski definition) is 1. The fourth-order valence-electron chi connectivity index (χ4n) is 3.82. The lowest BCUT2D eigenvalue weighted by molar-refractivity contribution is 0.0746. The fourth-order valence-corrected chi connectivity index (χ4v) is 3.82. The Morgan fingerprint density at radius 1 is 1.23 bits per heavy atom. The lowest BCUT2D eigenvalue weighted by Gasteiger charge is -2.41. The van der Waals surface area contributed by atoms with E-state index in [1.54, 1.807) is 19.3 Å². The van der Waals surface area contributed by atoms with Crippen LogP contribution in [0.3, 0.4) is 0 Å². The Morgan fingerprint density at radius 3 is 2.38 bits per heavy atom. The molecular formula is C12H21N. The van der Waals surface area contributed by atoms with Crippen molar-refractivity contribution in [3.63, 3.8) is 0 Å². The summed E-state index contributed by atoms with van der Waals surface area (Å²) in [6.45, 7) is 6.59. The van der Waals surface area contributed by atoms with Crippen LogP contribution < -0.4 is 0 Å². The highest BCUT2D eigenvalue weighted by Crippen LogP contribution is 2.57. The van der Waals surface area contributed by atoms with Gasteiger partial charge >= 0.3 is 0 Å². The molecule has 4 aliphatic rings. The first kappa shape index (κ1) is 8.28. The van der Waals surface area contributed by atoms with Crippen LogP contribution in [-0.2, 0) is 0 Å². The lowest BCUT2D eigenvalue weighted by Crippen LogP contribution is -2.37. The molecule has 0 aromatic heterocycles. The van der Waals surface area contributed by atoms with Gasteiger partial charge in [-0.25, -0.2) is 0 Å². The maximum Gasteiger partial charge on any atom is 0.0110 e. The van der Waals surface area contributed by atoms with E-state index in [2.05, 4.69) is 11.8 Å². The Kier molecular flexibility index (Phi) is 1.90. The van der Waals surface area contributed by atoms with E-state index >= 15 is 0 Å². The molecule has 1 aliphatic heterocycles. The monoisotopic (exact) mass is 179 g/mol. The quantitative estimate of drug-likeness (QED) is 0.599. The minimum Gasteiger partial charge on any atom is -0.301 e. The SMILES string of the molecule is CCC(CN1CC1)C1C2CCC1C2. The van der Waals surface area contributed by atoms with Crippen LogP contribution in [-0.4, -0.2) is 24.5 Å². The van der Waals surface area contributed by atoms with Gasteiger partial charge < -0.3 is 4.90 Å². The molecule has 0 spiro atoms. The molecule has 3 unspecified atom stereocenters. The summed E-state index contributed by atoms with van der Waals surface area (Å²) in [5.74, 6) is 4.49. The van der Waals surface area contributed by atoms with Gasteiger partial charge in [-0.15, -0.1) is 0 Å². The summed E-state index contributed by atoms with van der Waals surface area (Å²) >= 11 is 0. The van der Waals surface area contributed by atoms with Gasteiger partial charge in [0.25, 0.3) is 0 Å². The minimum absolute atomic E-state index is 1.05. The van der Waals surface area contributed by atoms with E-state index in [1.807, 2.05) is 0 Å². The van der Waals surface area contributed by atoms with Crippen molar-refractivity contribution in [2.24, 2.45) is 23.7 Å². The number of rotatable bonds is 4. The van der Waals surface area contributed by atoms with Crippen LogP contribution >= 0.6 is 0 Å². The smallest absolute Gasteiger partial charge is 0.0110 e. The summed E-state index contributed by atoms with van der Waals surface area (Å²) in [4.78, 5) is 2.62. The molecule has 4 fully saturated rings. The number of nitrogens with zero attached hydrogens (tertiary/aromatic N) is 1. The van der Waals surface area contributed by atoms with Gasteiger partial charge in [-0.05, 0) is 42.9 Å². The van der Waals surface area contributed by atoms with Crippen LogP contribution in [0.25, 0.3) is 0 Å². The van der Waals surface area contributed by atoms with Crippen LogP contribution in [0.1, 0.15) is 32.6 Å². The zero-order valence-electron chi connectivity index (χ0n) is 8.71. The molecule has 0 aromatic rings. The van der Waals surface area contributed by atoms with Crippen molar-refractivity contribution in [1.82, 2.24) is 4.90 Å². The Hall–Kier alpha value is -0.0400. The van der Waals surface area contributed by atoms with Crippen molar-refractivity contribution >= 4 is 0 Å². The third kappa shape index (κ3) is 1.32. The average molecular weight is 179 g/mol. The van der Waals surface area contributed by atoms with Crippen molar-refractivity contribution in [1.29, 1.82) is 0 Å². The predicted octanol–water partition coefficient (Wildman–Crippen LogP) is 2.37. The number of fused-ring (bicyclic) bond motifs is 1. The molecule has 74 valence electrons. The Bertz CT molecular complexity index is 183. The molecule has 1 heteroatoms. The zero-order chi connectivity index (χ0) is 8.84. The topological polar surface area (TPSA) is 3.01 Å². The predicted molar refractivity (Wildman–Crippen MR) is 54.5 cm³/mol. The summed E-state index contributed by atoms with van der Waals surface area (Å²) in [6.07, 6.45) is 6.13. The summed E-state index contributed by atoms with van der Waals surface area (Å²) in [7, 11) is 0. The fraction of sp³-hybridized carbons (Fsp3) is 1.00. The van der Waals surface area contributed by atoms with E-state index in [0.29, 0.717) is 0 Å². The van der Waals surface area contributed by atoms with Gasteiger partial charge in [0.1, 0.15) is 0 Å².